The van der Waals surface area contributed by atoms with E-state index in [1.807, 2.05) is 25.4 Å². The maximum absolute atomic E-state index is 9.08. The van der Waals surface area contributed by atoms with Gasteiger partial charge < -0.3 is 10.4 Å². The zero-order valence-corrected chi connectivity index (χ0v) is 9.77. The van der Waals surface area contributed by atoms with Crippen molar-refractivity contribution in [3.05, 3.63) is 16.6 Å². The first-order chi connectivity index (χ1) is 6.55. The number of aliphatic hydroxyl groups excluding tert-OH is 1. The topological polar surface area (TPSA) is 45.1 Å². The summed E-state index contributed by atoms with van der Waals surface area (Å²) in [6.07, 6.45) is 1.81. The predicted octanol–water partition coefficient (Wildman–Crippen LogP) is 1.81. The number of hydrogen-bond acceptors (Lipinski definition) is 4. The summed E-state index contributed by atoms with van der Waals surface area (Å²) in [7, 11) is 0. The number of hydrogen-bond donors (Lipinski definition) is 2. The van der Waals surface area contributed by atoms with Crippen LogP contribution in [0.2, 0.25) is 0 Å². The van der Waals surface area contributed by atoms with E-state index in [0.717, 1.165) is 11.6 Å². The van der Waals surface area contributed by atoms with Gasteiger partial charge >= 0.3 is 0 Å². The minimum Gasteiger partial charge on any atom is -0.396 e. The van der Waals surface area contributed by atoms with Gasteiger partial charge in [-0.25, -0.2) is 4.98 Å². The van der Waals surface area contributed by atoms with Crippen LogP contribution in [0.4, 0.5) is 0 Å². The second-order valence-electron chi connectivity index (χ2n) is 4.30. The van der Waals surface area contributed by atoms with Crippen LogP contribution in [0.15, 0.2) is 11.6 Å². The highest BCUT2D eigenvalue weighted by atomic mass is 32.1. The van der Waals surface area contributed by atoms with Gasteiger partial charge in [-0.3, -0.25) is 0 Å². The summed E-state index contributed by atoms with van der Waals surface area (Å²) in [5, 5.41) is 15.5. The Morgan fingerprint density at radius 1 is 1.64 bits per heavy atom. The maximum Gasteiger partial charge on any atom is 0.109 e. The molecule has 14 heavy (non-hydrogen) atoms. The summed E-state index contributed by atoms with van der Waals surface area (Å²) < 4.78 is 0. The zero-order valence-electron chi connectivity index (χ0n) is 8.95. The Morgan fingerprint density at radius 2 is 2.36 bits per heavy atom. The van der Waals surface area contributed by atoms with Crippen molar-refractivity contribution in [2.45, 2.75) is 26.8 Å². The van der Waals surface area contributed by atoms with Gasteiger partial charge in [-0.15, -0.1) is 11.3 Å². The van der Waals surface area contributed by atoms with Gasteiger partial charge in [0.25, 0.3) is 0 Å². The monoisotopic (exact) mass is 214 g/mol. The molecule has 2 N–H and O–H groups in total. The number of thiazole rings is 1. The molecular formula is C10H18N2OS. The van der Waals surface area contributed by atoms with Crippen LogP contribution in [0.1, 0.15) is 31.8 Å². The third-order valence-corrected chi connectivity index (χ3v) is 3.09. The molecule has 80 valence electrons. The van der Waals surface area contributed by atoms with Crippen LogP contribution in [-0.2, 0) is 0 Å². The fourth-order valence-electron chi connectivity index (χ4n) is 1.02. The lowest BCUT2D eigenvalue weighted by Crippen LogP contribution is -2.33. The molecule has 0 saturated carbocycles. The lowest BCUT2D eigenvalue weighted by Gasteiger charge is -2.24. The Hall–Kier alpha value is -0.450. The lowest BCUT2D eigenvalue weighted by molar-refractivity contribution is 0.154. The van der Waals surface area contributed by atoms with Crippen molar-refractivity contribution in [1.82, 2.24) is 10.3 Å². The van der Waals surface area contributed by atoms with Crippen molar-refractivity contribution in [2.75, 3.05) is 13.2 Å². The van der Waals surface area contributed by atoms with Crippen molar-refractivity contribution in [1.29, 1.82) is 0 Å². The minimum absolute atomic E-state index is 0.0640. The van der Waals surface area contributed by atoms with Crippen LogP contribution in [0.5, 0.6) is 0 Å². The number of nitrogens with zero attached hydrogens (tertiary/aromatic N) is 1. The molecule has 3 nitrogen and oxygen atoms in total. The van der Waals surface area contributed by atoms with Crippen molar-refractivity contribution in [3.63, 3.8) is 0 Å². The summed E-state index contributed by atoms with van der Waals surface area (Å²) in [6, 6.07) is 0.265. The van der Waals surface area contributed by atoms with E-state index in [0.29, 0.717) is 0 Å². The number of aliphatic hydroxyl groups is 1. The molecule has 0 fully saturated rings. The van der Waals surface area contributed by atoms with Gasteiger partial charge in [0.1, 0.15) is 5.01 Å². The van der Waals surface area contributed by atoms with Crippen LogP contribution < -0.4 is 5.32 Å². The summed E-state index contributed by atoms with van der Waals surface area (Å²) >= 11 is 1.65. The van der Waals surface area contributed by atoms with Gasteiger partial charge in [0.2, 0.25) is 0 Å². The van der Waals surface area contributed by atoms with Crippen molar-refractivity contribution >= 4 is 11.3 Å². The number of nitrogens with one attached hydrogen (secondary N) is 1. The first-order valence-electron chi connectivity index (χ1n) is 4.79. The van der Waals surface area contributed by atoms with E-state index in [9.17, 15) is 0 Å². The normalized spacial score (nSPS) is 14.3. The molecule has 0 spiro atoms. The average Bonchev–Trinajstić information content (AvgIpc) is 2.67. The second-order valence-corrected chi connectivity index (χ2v) is 5.22. The lowest BCUT2D eigenvalue weighted by atomic mass is 9.95. The highest BCUT2D eigenvalue weighted by Crippen LogP contribution is 2.17. The quantitative estimate of drug-likeness (QED) is 0.786. The standard InChI is InChI=1S/C10H18N2OS/c1-8(9-11-4-5-14-9)12-6-10(2,3)7-13/h4-5,8,12-13H,6-7H2,1-3H3. The van der Waals surface area contributed by atoms with Gasteiger partial charge in [0.15, 0.2) is 0 Å². The molecule has 4 heteroatoms. The van der Waals surface area contributed by atoms with Gasteiger partial charge in [-0.1, -0.05) is 13.8 Å². The van der Waals surface area contributed by atoms with E-state index < -0.39 is 0 Å². The molecule has 0 aliphatic carbocycles. The van der Waals surface area contributed by atoms with Gasteiger partial charge in [-0.2, -0.15) is 0 Å². The minimum atomic E-state index is -0.0640. The Morgan fingerprint density at radius 3 is 2.86 bits per heavy atom. The smallest absolute Gasteiger partial charge is 0.109 e. The average molecular weight is 214 g/mol. The van der Waals surface area contributed by atoms with E-state index >= 15 is 0 Å². The number of aromatic nitrogens is 1. The molecule has 0 radical (unpaired) electrons. The van der Waals surface area contributed by atoms with E-state index in [-0.39, 0.29) is 18.1 Å². The van der Waals surface area contributed by atoms with E-state index in [1.54, 1.807) is 11.3 Å². The highest BCUT2D eigenvalue weighted by molar-refractivity contribution is 7.09. The predicted molar refractivity (Wildman–Crippen MR) is 59.4 cm³/mol. The summed E-state index contributed by atoms with van der Waals surface area (Å²) in [6.45, 7) is 7.16. The van der Waals surface area contributed by atoms with E-state index in [2.05, 4.69) is 17.2 Å². The highest BCUT2D eigenvalue weighted by Gasteiger charge is 2.18. The molecule has 1 heterocycles. The third kappa shape index (κ3) is 3.36. The fraction of sp³-hybridized carbons (Fsp3) is 0.700. The van der Waals surface area contributed by atoms with Crippen LogP contribution in [0, 0.1) is 5.41 Å². The first-order valence-corrected chi connectivity index (χ1v) is 5.67. The largest absolute Gasteiger partial charge is 0.396 e. The van der Waals surface area contributed by atoms with Crippen LogP contribution in [0.3, 0.4) is 0 Å². The first kappa shape index (κ1) is 11.6. The third-order valence-electron chi connectivity index (χ3n) is 2.14. The summed E-state index contributed by atoms with van der Waals surface area (Å²) in [5.41, 5.74) is -0.0640. The van der Waals surface area contributed by atoms with Gasteiger partial charge in [0, 0.05) is 30.1 Å². The molecule has 0 bridgehead atoms. The van der Waals surface area contributed by atoms with Crippen LogP contribution >= 0.6 is 11.3 Å². The number of rotatable bonds is 5. The molecule has 0 saturated heterocycles. The fourth-order valence-corrected chi connectivity index (χ4v) is 1.69. The van der Waals surface area contributed by atoms with Crippen molar-refractivity contribution in [3.8, 4) is 0 Å². The molecule has 1 aromatic rings. The molecule has 0 amide bonds. The van der Waals surface area contributed by atoms with Crippen molar-refractivity contribution in [2.24, 2.45) is 5.41 Å². The molecular weight excluding hydrogens is 196 g/mol. The molecule has 1 atom stereocenters. The Bertz CT molecular complexity index is 259. The Labute approximate surface area is 89.2 Å². The molecule has 0 aromatic carbocycles. The SMILES string of the molecule is CC(NCC(C)(C)CO)c1nccs1. The van der Waals surface area contributed by atoms with Crippen LogP contribution in [-0.4, -0.2) is 23.2 Å². The molecule has 1 aromatic heterocycles. The molecule has 1 rings (SSSR count). The second kappa shape index (κ2) is 4.87. The van der Waals surface area contributed by atoms with Gasteiger partial charge in [0.05, 0.1) is 6.04 Å². The van der Waals surface area contributed by atoms with Gasteiger partial charge in [-0.05, 0) is 6.92 Å². The molecule has 1 unspecified atom stereocenters. The summed E-state index contributed by atoms with van der Waals surface area (Å²) in [4.78, 5) is 4.24. The zero-order chi connectivity index (χ0) is 10.6. The molecule has 0 aliphatic heterocycles. The Kier molecular flexibility index (Phi) is 4.04. The van der Waals surface area contributed by atoms with Crippen molar-refractivity contribution < 1.29 is 5.11 Å². The van der Waals surface area contributed by atoms with E-state index in [1.165, 1.54) is 0 Å². The maximum atomic E-state index is 9.08. The van der Waals surface area contributed by atoms with E-state index in [4.69, 9.17) is 5.11 Å². The Balaban J connectivity index is 2.39. The van der Waals surface area contributed by atoms with Crippen LogP contribution in [0.25, 0.3) is 0 Å². The molecule has 0 aliphatic rings. The summed E-state index contributed by atoms with van der Waals surface area (Å²) in [5.74, 6) is 0.